The van der Waals surface area contributed by atoms with Gasteiger partial charge in [0, 0.05) is 17.6 Å². The standard InChI is InChI=1S/C16H18F3NO2/c1-9(2)20-8-12(15(3,4)14(21)22)10-6-5-7-11(13(10)20)16(17,18)19/h5-9H,1-4H3,(H,21,22). The summed E-state index contributed by atoms with van der Waals surface area (Å²) in [6, 6.07) is 3.67. The van der Waals surface area contributed by atoms with E-state index in [4.69, 9.17) is 0 Å². The molecule has 120 valence electrons. The van der Waals surface area contributed by atoms with Crippen molar-refractivity contribution in [2.24, 2.45) is 0 Å². The molecule has 1 N–H and O–H groups in total. The van der Waals surface area contributed by atoms with Gasteiger partial charge in [0.25, 0.3) is 0 Å². The fourth-order valence-electron chi connectivity index (χ4n) is 2.56. The molecule has 0 saturated heterocycles. The summed E-state index contributed by atoms with van der Waals surface area (Å²) < 4.78 is 41.4. The number of benzene rings is 1. The molecule has 2 aromatic rings. The summed E-state index contributed by atoms with van der Waals surface area (Å²) in [7, 11) is 0. The van der Waals surface area contributed by atoms with Crippen LogP contribution in [0.4, 0.5) is 13.2 Å². The van der Waals surface area contributed by atoms with Crippen LogP contribution in [0.25, 0.3) is 10.9 Å². The fourth-order valence-corrected chi connectivity index (χ4v) is 2.56. The van der Waals surface area contributed by atoms with E-state index in [0.717, 1.165) is 6.07 Å². The number of carboxylic acids is 1. The summed E-state index contributed by atoms with van der Waals surface area (Å²) in [5.74, 6) is -1.08. The van der Waals surface area contributed by atoms with Gasteiger partial charge in [-0.3, -0.25) is 4.79 Å². The van der Waals surface area contributed by atoms with Crippen molar-refractivity contribution in [3.63, 3.8) is 0 Å². The summed E-state index contributed by atoms with van der Waals surface area (Å²) in [5.41, 5.74) is -1.60. The zero-order valence-electron chi connectivity index (χ0n) is 12.8. The minimum Gasteiger partial charge on any atom is -0.481 e. The largest absolute Gasteiger partial charge is 0.481 e. The van der Waals surface area contributed by atoms with E-state index in [0.29, 0.717) is 10.9 Å². The second-order valence-corrected chi connectivity index (χ2v) is 6.17. The van der Waals surface area contributed by atoms with Crippen LogP contribution in [-0.2, 0) is 16.4 Å². The van der Waals surface area contributed by atoms with Crippen LogP contribution < -0.4 is 0 Å². The molecule has 0 bridgehead atoms. The summed E-state index contributed by atoms with van der Waals surface area (Å²) in [4.78, 5) is 11.5. The normalized spacial score (nSPS) is 13.1. The number of hydrogen-bond acceptors (Lipinski definition) is 1. The Labute approximate surface area is 126 Å². The lowest BCUT2D eigenvalue weighted by Crippen LogP contribution is -2.28. The van der Waals surface area contributed by atoms with E-state index >= 15 is 0 Å². The van der Waals surface area contributed by atoms with Crippen molar-refractivity contribution < 1.29 is 23.1 Å². The van der Waals surface area contributed by atoms with Crippen LogP contribution >= 0.6 is 0 Å². The molecule has 0 atom stereocenters. The van der Waals surface area contributed by atoms with Gasteiger partial charge in [-0.2, -0.15) is 13.2 Å². The number of aromatic nitrogens is 1. The lowest BCUT2D eigenvalue weighted by Gasteiger charge is -2.18. The zero-order chi connectivity index (χ0) is 16.9. The Bertz CT molecular complexity index is 727. The number of hydrogen-bond donors (Lipinski definition) is 1. The fraction of sp³-hybridized carbons (Fsp3) is 0.438. The molecule has 0 saturated carbocycles. The summed E-state index contributed by atoms with van der Waals surface area (Å²) >= 11 is 0. The number of rotatable bonds is 3. The molecule has 0 aliphatic rings. The third-order valence-electron chi connectivity index (χ3n) is 3.92. The number of carbonyl (C=O) groups is 1. The number of aliphatic carboxylic acids is 1. The minimum atomic E-state index is -4.49. The zero-order valence-corrected chi connectivity index (χ0v) is 12.8. The third-order valence-corrected chi connectivity index (χ3v) is 3.92. The lowest BCUT2D eigenvalue weighted by atomic mass is 9.84. The Hall–Kier alpha value is -1.98. The molecule has 0 amide bonds. The Balaban J connectivity index is 2.92. The van der Waals surface area contributed by atoms with Gasteiger partial charge in [0.2, 0.25) is 0 Å². The predicted octanol–water partition coefficient (Wildman–Crippen LogP) is 4.60. The Morgan fingerprint density at radius 1 is 1.18 bits per heavy atom. The Morgan fingerprint density at radius 2 is 1.77 bits per heavy atom. The molecule has 0 unspecified atom stereocenters. The maximum Gasteiger partial charge on any atom is 0.418 e. The van der Waals surface area contributed by atoms with Gasteiger partial charge < -0.3 is 9.67 Å². The van der Waals surface area contributed by atoms with Crippen molar-refractivity contribution in [2.75, 3.05) is 0 Å². The molecule has 0 spiro atoms. The van der Waals surface area contributed by atoms with Gasteiger partial charge in [-0.15, -0.1) is 0 Å². The van der Waals surface area contributed by atoms with Crippen LogP contribution in [0, 0.1) is 0 Å². The van der Waals surface area contributed by atoms with E-state index in [-0.39, 0.29) is 11.6 Å². The van der Waals surface area contributed by atoms with Crippen molar-refractivity contribution in [3.8, 4) is 0 Å². The topological polar surface area (TPSA) is 42.2 Å². The van der Waals surface area contributed by atoms with Crippen LogP contribution in [0.15, 0.2) is 24.4 Å². The van der Waals surface area contributed by atoms with Gasteiger partial charge in [-0.25, -0.2) is 0 Å². The van der Waals surface area contributed by atoms with Crippen molar-refractivity contribution in [1.82, 2.24) is 4.57 Å². The first-order valence-electron chi connectivity index (χ1n) is 6.92. The van der Waals surface area contributed by atoms with Gasteiger partial charge in [0.1, 0.15) is 0 Å². The third kappa shape index (κ3) is 2.46. The van der Waals surface area contributed by atoms with Crippen molar-refractivity contribution in [2.45, 2.75) is 45.3 Å². The molecule has 22 heavy (non-hydrogen) atoms. The smallest absolute Gasteiger partial charge is 0.418 e. The molecule has 0 fully saturated rings. The van der Waals surface area contributed by atoms with Gasteiger partial charge in [-0.05, 0) is 39.3 Å². The first-order chi connectivity index (χ1) is 9.98. The highest BCUT2D eigenvalue weighted by atomic mass is 19.4. The molecule has 1 aromatic carbocycles. The summed E-state index contributed by atoms with van der Waals surface area (Å²) in [6.45, 7) is 6.53. The number of carboxylic acid groups (broad SMARTS) is 1. The van der Waals surface area contributed by atoms with Gasteiger partial charge in [0.15, 0.2) is 0 Å². The quantitative estimate of drug-likeness (QED) is 0.899. The number of halogens is 3. The first kappa shape index (κ1) is 16.4. The summed E-state index contributed by atoms with van der Waals surface area (Å²) in [5, 5.41) is 9.73. The average Bonchev–Trinajstić information content (AvgIpc) is 2.77. The SMILES string of the molecule is CC(C)n1cc(C(C)(C)C(=O)O)c2cccc(C(F)(F)F)c21. The van der Waals surface area contributed by atoms with E-state index in [1.54, 1.807) is 19.9 Å². The maximum atomic E-state index is 13.3. The van der Waals surface area contributed by atoms with E-state index in [9.17, 15) is 23.1 Å². The van der Waals surface area contributed by atoms with Crippen LogP contribution in [0.2, 0.25) is 0 Å². The second-order valence-electron chi connectivity index (χ2n) is 6.17. The predicted molar refractivity (Wildman–Crippen MR) is 78.0 cm³/mol. The van der Waals surface area contributed by atoms with E-state index < -0.39 is 23.1 Å². The van der Waals surface area contributed by atoms with Crippen molar-refractivity contribution in [1.29, 1.82) is 0 Å². The minimum absolute atomic E-state index is 0.0364. The number of para-hydroxylation sites is 1. The molecule has 2 rings (SSSR count). The van der Waals surface area contributed by atoms with E-state index in [1.807, 2.05) is 0 Å². The first-order valence-corrected chi connectivity index (χ1v) is 6.92. The molecule has 0 aliphatic carbocycles. The number of nitrogens with zero attached hydrogens (tertiary/aromatic N) is 1. The van der Waals surface area contributed by atoms with Crippen LogP contribution in [-0.4, -0.2) is 15.6 Å². The summed E-state index contributed by atoms with van der Waals surface area (Å²) in [6.07, 6.45) is -2.96. The Kier molecular flexibility index (Phi) is 3.75. The maximum absolute atomic E-state index is 13.3. The van der Waals surface area contributed by atoms with E-state index in [1.165, 1.54) is 30.7 Å². The molecular weight excluding hydrogens is 295 g/mol. The van der Waals surface area contributed by atoms with Gasteiger partial charge >= 0.3 is 12.1 Å². The monoisotopic (exact) mass is 313 g/mol. The molecule has 6 heteroatoms. The van der Waals surface area contributed by atoms with Crippen molar-refractivity contribution in [3.05, 3.63) is 35.5 Å². The Morgan fingerprint density at radius 3 is 2.23 bits per heavy atom. The van der Waals surface area contributed by atoms with Gasteiger partial charge in [-0.1, -0.05) is 12.1 Å². The van der Waals surface area contributed by atoms with Crippen LogP contribution in [0.5, 0.6) is 0 Å². The van der Waals surface area contributed by atoms with E-state index in [2.05, 4.69) is 0 Å². The number of fused-ring (bicyclic) bond motifs is 1. The highest BCUT2D eigenvalue weighted by Crippen LogP contribution is 2.40. The molecule has 3 nitrogen and oxygen atoms in total. The van der Waals surface area contributed by atoms with Crippen LogP contribution in [0.1, 0.15) is 44.9 Å². The molecule has 0 radical (unpaired) electrons. The molecule has 1 aromatic heterocycles. The second kappa shape index (κ2) is 5.04. The van der Waals surface area contributed by atoms with Crippen molar-refractivity contribution >= 4 is 16.9 Å². The number of alkyl halides is 3. The highest BCUT2D eigenvalue weighted by Gasteiger charge is 2.38. The average molecular weight is 313 g/mol. The van der Waals surface area contributed by atoms with Gasteiger partial charge in [0.05, 0.1) is 16.5 Å². The molecular formula is C16H18F3NO2. The lowest BCUT2D eigenvalue weighted by molar-refractivity contribution is -0.142. The van der Waals surface area contributed by atoms with Crippen LogP contribution in [0.3, 0.4) is 0 Å². The molecule has 0 aliphatic heterocycles. The highest BCUT2D eigenvalue weighted by molar-refractivity contribution is 5.93. The molecule has 1 heterocycles.